The van der Waals surface area contributed by atoms with Crippen molar-refractivity contribution in [2.45, 2.75) is 46.1 Å². The van der Waals surface area contributed by atoms with Gasteiger partial charge in [0.15, 0.2) is 0 Å². The first-order valence-electron chi connectivity index (χ1n) is 9.68. The van der Waals surface area contributed by atoms with E-state index < -0.39 is 11.9 Å². The number of piperidine rings is 1. The lowest BCUT2D eigenvalue weighted by atomic mass is 9.94. The molecule has 0 aromatic heterocycles. The fourth-order valence-electron chi connectivity index (χ4n) is 4.46. The van der Waals surface area contributed by atoms with Crippen molar-refractivity contribution >= 4 is 17.8 Å². The maximum absolute atomic E-state index is 13.0. The lowest BCUT2D eigenvalue weighted by molar-refractivity contribution is -0.143. The molecule has 3 atom stereocenters. The maximum Gasteiger partial charge on any atom is 0.308 e. The Kier molecular flexibility index (Phi) is 5.53. The summed E-state index contributed by atoms with van der Waals surface area (Å²) in [6, 6.07) is 5.52. The Morgan fingerprint density at radius 1 is 1.04 bits per heavy atom. The number of aliphatic carboxylic acids is 1. The predicted molar refractivity (Wildman–Crippen MR) is 101 cm³/mol. The summed E-state index contributed by atoms with van der Waals surface area (Å²) in [5.41, 5.74) is 2.77. The summed E-state index contributed by atoms with van der Waals surface area (Å²) in [5.74, 6) is -1.62. The van der Waals surface area contributed by atoms with Gasteiger partial charge >= 0.3 is 5.97 Å². The van der Waals surface area contributed by atoms with Crippen molar-refractivity contribution in [1.82, 2.24) is 9.80 Å². The van der Waals surface area contributed by atoms with Crippen molar-refractivity contribution in [3.63, 3.8) is 0 Å². The van der Waals surface area contributed by atoms with Crippen molar-refractivity contribution in [2.75, 3.05) is 19.6 Å². The van der Waals surface area contributed by atoms with E-state index in [2.05, 4.69) is 0 Å². The lowest BCUT2D eigenvalue weighted by Crippen LogP contribution is -2.48. The third-order valence-corrected chi connectivity index (χ3v) is 5.88. The number of carbonyl (C=O) groups is 3. The minimum absolute atomic E-state index is 0.0100. The summed E-state index contributed by atoms with van der Waals surface area (Å²) >= 11 is 0. The summed E-state index contributed by atoms with van der Waals surface area (Å²) in [4.78, 5) is 40.7. The number of carboxylic acids is 1. The van der Waals surface area contributed by atoms with Crippen LogP contribution in [0.4, 0.5) is 0 Å². The Morgan fingerprint density at radius 2 is 1.70 bits per heavy atom. The number of carbonyl (C=O) groups excluding carboxylic acids is 2. The number of likely N-dealkylation sites (tertiary alicyclic amines) is 2. The fourth-order valence-corrected chi connectivity index (χ4v) is 4.46. The highest BCUT2D eigenvalue weighted by Gasteiger charge is 2.41. The van der Waals surface area contributed by atoms with Crippen LogP contribution in [-0.2, 0) is 9.59 Å². The molecule has 2 amide bonds. The first-order valence-corrected chi connectivity index (χ1v) is 9.68. The molecule has 0 bridgehead atoms. The van der Waals surface area contributed by atoms with Gasteiger partial charge < -0.3 is 14.9 Å². The summed E-state index contributed by atoms with van der Waals surface area (Å²) in [6.45, 7) is 7.30. The molecule has 2 aliphatic rings. The van der Waals surface area contributed by atoms with E-state index in [1.165, 1.54) is 0 Å². The molecule has 0 spiro atoms. The molecule has 2 heterocycles. The Bertz CT molecular complexity index is 740. The Labute approximate surface area is 160 Å². The number of hydrogen-bond acceptors (Lipinski definition) is 3. The van der Waals surface area contributed by atoms with Gasteiger partial charge in [0.25, 0.3) is 5.91 Å². The first kappa shape index (κ1) is 19.4. The minimum atomic E-state index is -0.840. The molecule has 1 aromatic carbocycles. The largest absolute Gasteiger partial charge is 0.481 e. The van der Waals surface area contributed by atoms with Gasteiger partial charge in [-0.2, -0.15) is 0 Å². The van der Waals surface area contributed by atoms with Crippen LogP contribution in [0.3, 0.4) is 0 Å². The second-order valence-electron chi connectivity index (χ2n) is 7.97. The number of aryl methyl sites for hydroxylation is 2. The lowest BCUT2D eigenvalue weighted by Gasteiger charge is -2.35. The molecule has 3 unspecified atom stereocenters. The summed E-state index contributed by atoms with van der Waals surface area (Å²) in [7, 11) is 0. The maximum atomic E-state index is 13.0. The predicted octanol–water partition coefficient (Wildman–Crippen LogP) is 2.48. The number of rotatable bonds is 3. The van der Waals surface area contributed by atoms with Crippen molar-refractivity contribution in [3.8, 4) is 0 Å². The van der Waals surface area contributed by atoms with Gasteiger partial charge in [-0.3, -0.25) is 14.4 Å². The number of amides is 2. The minimum Gasteiger partial charge on any atom is -0.481 e. The standard InChI is InChI=1S/C21H28N2O4/c1-13-9-14(2)11-17(10-13)19(24)22-7-4-5-16(12-22)20(25)23-8-6-18(15(23)3)21(26)27/h9-11,15-16,18H,4-8,12H2,1-3H3,(H,26,27). The average molecular weight is 372 g/mol. The van der Waals surface area contributed by atoms with Crippen LogP contribution in [0.15, 0.2) is 18.2 Å². The fraction of sp³-hybridized carbons (Fsp3) is 0.571. The second-order valence-corrected chi connectivity index (χ2v) is 7.97. The van der Waals surface area contributed by atoms with Crippen LogP contribution in [0.2, 0.25) is 0 Å². The second kappa shape index (κ2) is 7.71. The molecule has 6 nitrogen and oxygen atoms in total. The zero-order chi connectivity index (χ0) is 19.7. The molecule has 6 heteroatoms. The van der Waals surface area contributed by atoms with Crippen molar-refractivity contribution in [1.29, 1.82) is 0 Å². The smallest absolute Gasteiger partial charge is 0.308 e. The Morgan fingerprint density at radius 3 is 2.30 bits per heavy atom. The van der Waals surface area contributed by atoms with Gasteiger partial charge in [-0.1, -0.05) is 17.2 Å². The van der Waals surface area contributed by atoms with Gasteiger partial charge in [0.2, 0.25) is 5.91 Å². The zero-order valence-corrected chi connectivity index (χ0v) is 16.3. The van der Waals surface area contributed by atoms with Gasteiger partial charge in [0.1, 0.15) is 0 Å². The average Bonchev–Trinajstić information content (AvgIpc) is 3.01. The van der Waals surface area contributed by atoms with Crippen LogP contribution in [0, 0.1) is 25.7 Å². The van der Waals surface area contributed by atoms with Gasteiger partial charge in [-0.15, -0.1) is 0 Å². The SMILES string of the molecule is Cc1cc(C)cc(C(=O)N2CCCC(C(=O)N3CCC(C(=O)O)C3C)C2)c1. The molecule has 0 radical (unpaired) electrons. The molecule has 0 saturated carbocycles. The Balaban J connectivity index is 1.69. The molecule has 3 rings (SSSR count). The highest BCUT2D eigenvalue weighted by molar-refractivity contribution is 5.95. The summed E-state index contributed by atoms with van der Waals surface area (Å²) in [5, 5.41) is 9.29. The molecular weight excluding hydrogens is 344 g/mol. The molecule has 2 saturated heterocycles. The van der Waals surface area contributed by atoms with Gasteiger partial charge in [0, 0.05) is 31.2 Å². The molecule has 2 aliphatic heterocycles. The van der Waals surface area contributed by atoms with Crippen molar-refractivity contribution < 1.29 is 19.5 Å². The van der Waals surface area contributed by atoms with Crippen LogP contribution < -0.4 is 0 Å². The quantitative estimate of drug-likeness (QED) is 0.884. The normalized spacial score (nSPS) is 25.5. The van der Waals surface area contributed by atoms with Gasteiger partial charge in [-0.25, -0.2) is 0 Å². The topological polar surface area (TPSA) is 77.9 Å². The van der Waals surface area contributed by atoms with E-state index in [1.807, 2.05) is 39.0 Å². The third kappa shape index (κ3) is 3.99. The highest BCUT2D eigenvalue weighted by atomic mass is 16.4. The monoisotopic (exact) mass is 372 g/mol. The molecule has 1 N–H and O–H groups in total. The van der Waals surface area contributed by atoms with Gasteiger partial charge in [-0.05, 0) is 52.2 Å². The number of carboxylic acid groups (broad SMARTS) is 1. The highest BCUT2D eigenvalue weighted by Crippen LogP contribution is 2.29. The van der Waals surface area contributed by atoms with Gasteiger partial charge in [0.05, 0.1) is 11.8 Å². The third-order valence-electron chi connectivity index (χ3n) is 5.88. The van der Waals surface area contributed by atoms with E-state index in [0.29, 0.717) is 31.6 Å². The molecular formula is C21H28N2O4. The van der Waals surface area contributed by atoms with Crippen molar-refractivity contribution in [3.05, 3.63) is 34.9 Å². The molecule has 27 heavy (non-hydrogen) atoms. The van der Waals surface area contributed by atoms with E-state index in [4.69, 9.17) is 0 Å². The van der Waals surface area contributed by atoms with E-state index in [-0.39, 0.29) is 23.8 Å². The van der Waals surface area contributed by atoms with Crippen LogP contribution >= 0.6 is 0 Å². The molecule has 0 aliphatic carbocycles. The number of hydrogen-bond donors (Lipinski definition) is 1. The van der Waals surface area contributed by atoms with Crippen LogP contribution in [0.25, 0.3) is 0 Å². The zero-order valence-electron chi connectivity index (χ0n) is 16.3. The van der Waals surface area contributed by atoms with Crippen LogP contribution in [0.5, 0.6) is 0 Å². The van der Waals surface area contributed by atoms with E-state index >= 15 is 0 Å². The Hall–Kier alpha value is -2.37. The molecule has 1 aromatic rings. The van der Waals surface area contributed by atoms with Crippen LogP contribution in [-0.4, -0.2) is 58.4 Å². The molecule has 2 fully saturated rings. The van der Waals surface area contributed by atoms with Crippen LogP contribution in [0.1, 0.15) is 47.7 Å². The van der Waals surface area contributed by atoms with E-state index in [1.54, 1.807) is 9.80 Å². The summed E-state index contributed by atoms with van der Waals surface area (Å²) < 4.78 is 0. The molecule has 146 valence electrons. The van der Waals surface area contributed by atoms with E-state index in [0.717, 1.165) is 24.0 Å². The first-order chi connectivity index (χ1) is 12.8. The number of nitrogens with zero attached hydrogens (tertiary/aromatic N) is 2. The summed E-state index contributed by atoms with van der Waals surface area (Å²) in [6.07, 6.45) is 2.04. The van der Waals surface area contributed by atoms with Crippen molar-refractivity contribution in [2.24, 2.45) is 11.8 Å². The number of benzene rings is 1. The van der Waals surface area contributed by atoms with E-state index in [9.17, 15) is 19.5 Å².